The number of aromatic amines is 1. The van der Waals surface area contributed by atoms with Gasteiger partial charge in [0, 0.05) is 13.2 Å². The Morgan fingerprint density at radius 3 is 2.95 bits per heavy atom. The van der Waals surface area contributed by atoms with Gasteiger partial charge in [-0.25, -0.2) is 18.3 Å². The standard InChI is InChI=1S/C11H17N3O4S/c1-2-6-14-10(15)12-13-11(14)19(16,17)8-9-5-3-4-7-18-9/h2,9H,1,3-8H2,(H,12,15). The first-order chi connectivity index (χ1) is 9.04. The van der Waals surface area contributed by atoms with Crippen molar-refractivity contribution in [2.24, 2.45) is 0 Å². The summed E-state index contributed by atoms with van der Waals surface area (Å²) in [5, 5.41) is 5.52. The van der Waals surface area contributed by atoms with Gasteiger partial charge in [0.05, 0.1) is 11.9 Å². The van der Waals surface area contributed by atoms with Crippen LogP contribution < -0.4 is 5.69 Å². The number of aromatic nitrogens is 3. The van der Waals surface area contributed by atoms with E-state index in [1.54, 1.807) is 0 Å². The van der Waals surface area contributed by atoms with E-state index in [0.717, 1.165) is 23.8 Å². The molecule has 7 nitrogen and oxygen atoms in total. The fourth-order valence-corrected chi connectivity index (χ4v) is 3.67. The molecule has 0 bridgehead atoms. The van der Waals surface area contributed by atoms with Crippen LogP contribution in [0.3, 0.4) is 0 Å². The second-order valence-electron chi connectivity index (χ2n) is 4.48. The van der Waals surface area contributed by atoms with E-state index >= 15 is 0 Å². The van der Waals surface area contributed by atoms with Gasteiger partial charge < -0.3 is 4.74 Å². The maximum atomic E-state index is 12.3. The van der Waals surface area contributed by atoms with E-state index in [9.17, 15) is 13.2 Å². The molecule has 1 fully saturated rings. The van der Waals surface area contributed by atoms with Gasteiger partial charge >= 0.3 is 5.69 Å². The van der Waals surface area contributed by atoms with Gasteiger partial charge in [0.25, 0.3) is 5.16 Å². The third kappa shape index (κ3) is 3.13. The summed E-state index contributed by atoms with van der Waals surface area (Å²) in [6.07, 6.45) is 3.77. The van der Waals surface area contributed by atoms with Crippen molar-refractivity contribution in [3.05, 3.63) is 23.1 Å². The second kappa shape index (κ2) is 5.70. The molecule has 1 N–H and O–H groups in total. The predicted molar refractivity (Wildman–Crippen MR) is 68.7 cm³/mol. The molecule has 2 heterocycles. The Labute approximate surface area is 111 Å². The molecule has 0 aromatic carbocycles. The zero-order valence-electron chi connectivity index (χ0n) is 10.5. The molecule has 1 aliphatic rings. The van der Waals surface area contributed by atoms with E-state index in [4.69, 9.17) is 4.74 Å². The van der Waals surface area contributed by atoms with Crippen LogP contribution in [0.2, 0.25) is 0 Å². The van der Waals surface area contributed by atoms with Crippen LogP contribution in [0.25, 0.3) is 0 Å². The molecule has 0 aliphatic carbocycles. The highest BCUT2D eigenvalue weighted by molar-refractivity contribution is 7.91. The van der Waals surface area contributed by atoms with E-state index in [1.807, 2.05) is 0 Å². The lowest BCUT2D eigenvalue weighted by Crippen LogP contribution is -2.30. The normalized spacial score (nSPS) is 20.3. The molecular weight excluding hydrogens is 270 g/mol. The van der Waals surface area contributed by atoms with Crippen LogP contribution in [0.1, 0.15) is 19.3 Å². The molecule has 1 atom stereocenters. The van der Waals surface area contributed by atoms with Crippen molar-refractivity contribution in [1.29, 1.82) is 0 Å². The van der Waals surface area contributed by atoms with Gasteiger partial charge in [0.15, 0.2) is 0 Å². The largest absolute Gasteiger partial charge is 0.377 e. The fraction of sp³-hybridized carbons (Fsp3) is 0.636. The summed E-state index contributed by atoms with van der Waals surface area (Å²) in [4.78, 5) is 11.5. The van der Waals surface area contributed by atoms with Crippen molar-refractivity contribution >= 4 is 9.84 Å². The molecule has 0 spiro atoms. The van der Waals surface area contributed by atoms with E-state index in [0.29, 0.717) is 6.61 Å². The Morgan fingerprint density at radius 1 is 1.53 bits per heavy atom. The maximum Gasteiger partial charge on any atom is 0.344 e. The average molecular weight is 287 g/mol. The van der Waals surface area contributed by atoms with Gasteiger partial charge in [-0.15, -0.1) is 11.7 Å². The molecule has 106 valence electrons. The minimum atomic E-state index is -3.64. The highest BCUT2D eigenvalue weighted by atomic mass is 32.2. The van der Waals surface area contributed by atoms with Gasteiger partial charge in [0.2, 0.25) is 9.84 Å². The Hall–Kier alpha value is -1.41. The summed E-state index contributed by atoms with van der Waals surface area (Å²) < 4.78 is 31.0. The SMILES string of the molecule is C=CCn1c(S(=O)(=O)CC2CCCCO2)n[nH]c1=O. The van der Waals surface area contributed by atoms with Crippen molar-refractivity contribution in [3.8, 4) is 0 Å². The van der Waals surface area contributed by atoms with Gasteiger partial charge in [-0.3, -0.25) is 4.57 Å². The van der Waals surface area contributed by atoms with Crippen molar-refractivity contribution in [1.82, 2.24) is 14.8 Å². The maximum absolute atomic E-state index is 12.3. The zero-order valence-corrected chi connectivity index (χ0v) is 11.4. The first-order valence-corrected chi connectivity index (χ1v) is 7.80. The molecule has 1 aromatic heterocycles. The Kier molecular flexibility index (Phi) is 4.20. The number of rotatable bonds is 5. The Balaban J connectivity index is 2.23. The second-order valence-corrected chi connectivity index (χ2v) is 6.41. The quantitative estimate of drug-likeness (QED) is 0.775. The van der Waals surface area contributed by atoms with Crippen molar-refractivity contribution in [2.45, 2.75) is 37.1 Å². The number of H-pyrrole nitrogens is 1. The molecule has 1 unspecified atom stereocenters. The smallest absolute Gasteiger partial charge is 0.344 e. The van der Waals surface area contributed by atoms with Gasteiger partial charge in [-0.1, -0.05) is 6.08 Å². The summed E-state index contributed by atoms with van der Waals surface area (Å²) in [7, 11) is -3.64. The lowest BCUT2D eigenvalue weighted by molar-refractivity contribution is 0.0304. The molecule has 1 aliphatic heterocycles. The lowest BCUT2D eigenvalue weighted by atomic mass is 10.1. The van der Waals surface area contributed by atoms with Crippen LogP contribution >= 0.6 is 0 Å². The summed E-state index contributed by atoms with van der Waals surface area (Å²) >= 11 is 0. The number of hydrogen-bond donors (Lipinski definition) is 1. The fourth-order valence-electron chi connectivity index (χ4n) is 2.09. The summed E-state index contributed by atoms with van der Waals surface area (Å²) in [5.74, 6) is -0.144. The molecule has 2 rings (SSSR count). The highest BCUT2D eigenvalue weighted by Gasteiger charge is 2.28. The first kappa shape index (κ1) is 14.0. The van der Waals surface area contributed by atoms with Crippen LogP contribution in [-0.2, 0) is 21.1 Å². The van der Waals surface area contributed by atoms with Gasteiger partial charge in [-0.05, 0) is 19.3 Å². The monoisotopic (exact) mass is 287 g/mol. The van der Waals surface area contributed by atoms with Crippen LogP contribution in [0.15, 0.2) is 22.6 Å². The molecule has 0 saturated carbocycles. The topological polar surface area (TPSA) is 94.0 Å². The first-order valence-electron chi connectivity index (χ1n) is 6.15. The molecule has 1 aromatic rings. The van der Waals surface area contributed by atoms with E-state index in [-0.39, 0.29) is 23.6 Å². The molecule has 1 saturated heterocycles. The Morgan fingerprint density at radius 2 is 2.32 bits per heavy atom. The summed E-state index contributed by atoms with van der Waals surface area (Å²) in [6, 6.07) is 0. The molecule has 19 heavy (non-hydrogen) atoms. The van der Waals surface area contributed by atoms with Crippen molar-refractivity contribution in [3.63, 3.8) is 0 Å². The number of allylic oxidation sites excluding steroid dienone is 1. The molecule has 0 amide bonds. The third-order valence-electron chi connectivity index (χ3n) is 2.99. The third-order valence-corrected chi connectivity index (χ3v) is 4.67. The van der Waals surface area contributed by atoms with E-state index < -0.39 is 15.5 Å². The molecule has 8 heteroatoms. The number of ether oxygens (including phenoxy) is 1. The van der Waals surface area contributed by atoms with E-state index in [1.165, 1.54) is 6.08 Å². The molecular formula is C11H17N3O4S. The van der Waals surface area contributed by atoms with Gasteiger partial charge in [0.1, 0.15) is 0 Å². The minimum absolute atomic E-state index is 0.107. The van der Waals surface area contributed by atoms with Crippen LogP contribution in [0, 0.1) is 0 Å². The van der Waals surface area contributed by atoms with Crippen LogP contribution in [0.5, 0.6) is 0 Å². The molecule has 0 radical (unpaired) electrons. The number of sulfone groups is 1. The predicted octanol–water partition coefficient (Wildman–Crippen LogP) is 0.100. The number of hydrogen-bond acceptors (Lipinski definition) is 5. The summed E-state index contributed by atoms with van der Waals surface area (Å²) in [5.41, 5.74) is -0.553. The minimum Gasteiger partial charge on any atom is -0.377 e. The highest BCUT2D eigenvalue weighted by Crippen LogP contribution is 2.17. The Bertz CT molecular complexity index is 596. The lowest BCUT2D eigenvalue weighted by Gasteiger charge is -2.21. The van der Waals surface area contributed by atoms with Crippen LogP contribution in [-0.4, -0.2) is 41.6 Å². The summed E-state index contributed by atoms with van der Waals surface area (Å²) in [6.45, 7) is 4.18. The number of nitrogens with zero attached hydrogens (tertiary/aromatic N) is 2. The van der Waals surface area contributed by atoms with Crippen LogP contribution in [0.4, 0.5) is 0 Å². The van der Waals surface area contributed by atoms with Crippen molar-refractivity contribution < 1.29 is 13.2 Å². The average Bonchev–Trinajstić information content (AvgIpc) is 2.73. The zero-order chi connectivity index (χ0) is 13.9. The number of nitrogens with one attached hydrogen (secondary N) is 1. The van der Waals surface area contributed by atoms with Gasteiger partial charge in [-0.2, -0.15) is 0 Å². The van der Waals surface area contributed by atoms with Crippen molar-refractivity contribution in [2.75, 3.05) is 12.4 Å². The van der Waals surface area contributed by atoms with E-state index in [2.05, 4.69) is 16.8 Å².